The predicted octanol–water partition coefficient (Wildman–Crippen LogP) is 6.53. The third-order valence-corrected chi connectivity index (χ3v) is 4.54. The zero-order valence-corrected chi connectivity index (χ0v) is 14.1. The van der Waals surface area contributed by atoms with Gasteiger partial charge in [-0.3, -0.25) is 0 Å². The highest BCUT2D eigenvalue weighted by molar-refractivity contribution is 6.32. The number of allylic oxidation sites excluding steroid dienone is 1. The van der Waals surface area contributed by atoms with Gasteiger partial charge >= 0.3 is 0 Å². The summed E-state index contributed by atoms with van der Waals surface area (Å²) in [6.45, 7) is 10.5. The summed E-state index contributed by atoms with van der Waals surface area (Å²) < 4.78 is 0. The molecule has 0 heterocycles. The fraction of sp³-hybridized carbons (Fsp3) is 0.579. The Hall–Kier alpha value is -0.750. The number of aryl methyl sites for hydroxylation is 1. The van der Waals surface area contributed by atoms with Gasteiger partial charge in [-0.1, -0.05) is 62.9 Å². The van der Waals surface area contributed by atoms with Crippen LogP contribution in [0.2, 0.25) is 5.02 Å². The van der Waals surface area contributed by atoms with Crippen molar-refractivity contribution in [1.29, 1.82) is 0 Å². The normalized spacial score (nSPS) is 12.4. The lowest BCUT2D eigenvalue weighted by molar-refractivity contribution is 0.588. The van der Waals surface area contributed by atoms with Gasteiger partial charge in [0.2, 0.25) is 0 Å². The first-order chi connectivity index (χ1) is 9.60. The van der Waals surface area contributed by atoms with Crippen LogP contribution in [0, 0.1) is 12.8 Å². The van der Waals surface area contributed by atoms with Gasteiger partial charge in [0.05, 0.1) is 0 Å². The van der Waals surface area contributed by atoms with Crippen molar-refractivity contribution < 1.29 is 0 Å². The zero-order valence-electron chi connectivity index (χ0n) is 13.3. The van der Waals surface area contributed by atoms with Gasteiger partial charge in [0.15, 0.2) is 0 Å². The van der Waals surface area contributed by atoms with Gasteiger partial charge in [0.1, 0.15) is 0 Å². The highest BCUT2D eigenvalue weighted by atomic mass is 35.5. The molecule has 0 bridgehead atoms. The molecule has 0 saturated carbocycles. The van der Waals surface area contributed by atoms with E-state index in [2.05, 4.69) is 39.5 Å². The Labute approximate surface area is 130 Å². The molecule has 0 aromatic heterocycles. The fourth-order valence-electron chi connectivity index (χ4n) is 2.68. The van der Waals surface area contributed by atoms with Crippen LogP contribution in [0.25, 0.3) is 0 Å². The van der Waals surface area contributed by atoms with Crippen molar-refractivity contribution in [2.45, 2.75) is 65.7 Å². The summed E-state index contributed by atoms with van der Waals surface area (Å²) in [5.41, 5.74) is 3.98. The average Bonchev–Trinajstić information content (AvgIpc) is 2.42. The number of hydrogen-bond acceptors (Lipinski definition) is 0. The summed E-state index contributed by atoms with van der Waals surface area (Å²) in [7, 11) is 0. The van der Waals surface area contributed by atoms with Gasteiger partial charge in [0, 0.05) is 5.02 Å². The van der Waals surface area contributed by atoms with Crippen molar-refractivity contribution >= 4 is 11.6 Å². The van der Waals surface area contributed by atoms with Gasteiger partial charge in [-0.25, -0.2) is 0 Å². The van der Waals surface area contributed by atoms with E-state index in [1.807, 2.05) is 6.08 Å². The maximum absolute atomic E-state index is 6.55. The van der Waals surface area contributed by atoms with E-state index in [4.69, 9.17) is 11.6 Å². The van der Waals surface area contributed by atoms with Gasteiger partial charge in [0.25, 0.3) is 0 Å². The molecule has 0 aliphatic heterocycles. The first kappa shape index (κ1) is 17.3. The van der Waals surface area contributed by atoms with Crippen LogP contribution in [-0.2, 0) is 12.8 Å². The molecule has 0 fully saturated rings. The average molecular weight is 293 g/mol. The quantitative estimate of drug-likeness (QED) is 0.359. The summed E-state index contributed by atoms with van der Waals surface area (Å²) in [5, 5.41) is 0.991. The SMILES string of the molecule is C=CCC(C)Cc1ccc(CCCCCC)c(Cl)c1C. The highest BCUT2D eigenvalue weighted by Gasteiger charge is 2.10. The molecule has 1 aromatic carbocycles. The molecular weight excluding hydrogens is 264 g/mol. The van der Waals surface area contributed by atoms with Crippen molar-refractivity contribution in [3.05, 3.63) is 46.5 Å². The molecule has 1 unspecified atom stereocenters. The van der Waals surface area contributed by atoms with E-state index < -0.39 is 0 Å². The second kappa shape index (κ2) is 9.23. The molecule has 1 atom stereocenters. The van der Waals surface area contributed by atoms with E-state index in [1.54, 1.807) is 0 Å². The number of benzene rings is 1. The minimum atomic E-state index is 0.637. The lowest BCUT2D eigenvalue weighted by Crippen LogP contribution is -2.02. The molecule has 0 aliphatic carbocycles. The van der Waals surface area contributed by atoms with E-state index in [9.17, 15) is 0 Å². The molecular formula is C19H29Cl. The number of unbranched alkanes of at least 4 members (excludes halogenated alkanes) is 3. The molecule has 112 valence electrons. The Morgan fingerprint density at radius 2 is 1.90 bits per heavy atom. The largest absolute Gasteiger partial charge is 0.103 e. The third kappa shape index (κ3) is 5.32. The van der Waals surface area contributed by atoms with Crippen LogP contribution >= 0.6 is 11.6 Å². The van der Waals surface area contributed by atoms with Gasteiger partial charge in [-0.15, -0.1) is 6.58 Å². The molecule has 1 aromatic rings. The van der Waals surface area contributed by atoms with E-state index in [0.717, 1.165) is 24.3 Å². The molecule has 0 nitrogen and oxygen atoms in total. The second-order valence-electron chi connectivity index (χ2n) is 5.97. The van der Waals surface area contributed by atoms with Crippen molar-refractivity contribution in [3.8, 4) is 0 Å². The minimum absolute atomic E-state index is 0.637. The number of halogens is 1. The van der Waals surface area contributed by atoms with Crippen molar-refractivity contribution in [3.63, 3.8) is 0 Å². The molecule has 0 amide bonds. The monoisotopic (exact) mass is 292 g/mol. The highest BCUT2D eigenvalue weighted by Crippen LogP contribution is 2.27. The molecule has 1 heteroatoms. The molecule has 0 saturated heterocycles. The summed E-state index contributed by atoms with van der Waals surface area (Å²) in [4.78, 5) is 0. The summed E-state index contributed by atoms with van der Waals surface area (Å²) in [6.07, 6.45) is 10.4. The van der Waals surface area contributed by atoms with Gasteiger partial charge in [-0.05, 0) is 55.2 Å². The van der Waals surface area contributed by atoms with Crippen LogP contribution in [0.15, 0.2) is 24.8 Å². The van der Waals surface area contributed by atoms with Crippen LogP contribution in [0.5, 0.6) is 0 Å². The lowest BCUT2D eigenvalue weighted by Gasteiger charge is -2.15. The Morgan fingerprint density at radius 1 is 1.20 bits per heavy atom. The van der Waals surface area contributed by atoms with Crippen LogP contribution in [0.4, 0.5) is 0 Å². The zero-order chi connectivity index (χ0) is 15.0. The van der Waals surface area contributed by atoms with Crippen molar-refractivity contribution in [2.24, 2.45) is 5.92 Å². The molecule has 20 heavy (non-hydrogen) atoms. The Balaban J connectivity index is 2.68. The van der Waals surface area contributed by atoms with E-state index in [1.165, 1.54) is 42.4 Å². The van der Waals surface area contributed by atoms with E-state index in [-0.39, 0.29) is 0 Å². The molecule has 0 radical (unpaired) electrons. The molecule has 1 rings (SSSR count). The Bertz CT molecular complexity index is 420. The maximum Gasteiger partial charge on any atom is 0.0469 e. The third-order valence-electron chi connectivity index (χ3n) is 4.02. The first-order valence-electron chi connectivity index (χ1n) is 7.97. The topological polar surface area (TPSA) is 0 Å². The van der Waals surface area contributed by atoms with Gasteiger partial charge < -0.3 is 0 Å². The molecule has 0 N–H and O–H groups in total. The standard InChI is InChI=1S/C19H29Cl/c1-5-7-8-9-11-17-12-13-18(16(4)19(17)20)14-15(3)10-6-2/h6,12-13,15H,2,5,7-11,14H2,1,3-4H3. The number of hydrogen-bond donors (Lipinski definition) is 0. The molecule has 0 aliphatic rings. The van der Waals surface area contributed by atoms with E-state index >= 15 is 0 Å². The van der Waals surface area contributed by atoms with Crippen LogP contribution in [0.1, 0.15) is 62.6 Å². The summed E-state index contributed by atoms with van der Waals surface area (Å²) in [5.74, 6) is 0.637. The summed E-state index contributed by atoms with van der Waals surface area (Å²) >= 11 is 6.55. The smallest absolute Gasteiger partial charge is 0.0469 e. The summed E-state index contributed by atoms with van der Waals surface area (Å²) in [6, 6.07) is 4.51. The minimum Gasteiger partial charge on any atom is -0.103 e. The van der Waals surface area contributed by atoms with E-state index in [0.29, 0.717) is 5.92 Å². The maximum atomic E-state index is 6.55. The molecule has 0 spiro atoms. The van der Waals surface area contributed by atoms with Gasteiger partial charge in [-0.2, -0.15) is 0 Å². The second-order valence-corrected chi connectivity index (χ2v) is 6.35. The Kier molecular flexibility index (Phi) is 7.99. The first-order valence-corrected chi connectivity index (χ1v) is 8.35. The predicted molar refractivity (Wildman–Crippen MR) is 91.7 cm³/mol. The van der Waals surface area contributed by atoms with Crippen LogP contribution < -0.4 is 0 Å². The van der Waals surface area contributed by atoms with Crippen molar-refractivity contribution in [2.75, 3.05) is 0 Å². The fourth-order valence-corrected chi connectivity index (χ4v) is 2.96. The van der Waals surface area contributed by atoms with Crippen LogP contribution in [-0.4, -0.2) is 0 Å². The van der Waals surface area contributed by atoms with Crippen molar-refractivity contribution in [1.82, 2.24) is 0 Å². The lowest BCUT2D eigenvalue weighted by atomic mass is 9.93. The van der Waals surface area contributed by atoms with Crippen LogP contribution in [0.3, 0.4) is 0 Å². The Morgan fingerprint density at radius 3 is 2.55 bits per heavy atom. The number of rotatable bonds is 9.